The van der Waals surface area contributed by atoms with E-state index in [2.05, 4.69) is 20.3 Å². The van der Waals surface area contributed by atoms with E-state index in [0.717, 1.165) is 9.54 Å². The highest BCUT2D eigenvalue weighted by atomic mass is 32.2. The Morgan fingerprint density at radius 3 is 2.52 bits per heavy atom. The molecule has 0 unspecified atom stereocenters. The monoisotopic (exact) mass is 577 g/mol. The minimum absolute atomic E-state index is 0.127. The zero-order chi connectivity index (χ0) is 29.9. The van der Waals surface area contributed by atoms with Gasteiger partial charge in [0.05, 0.1) is 16.8 Å². The van der Waals surface area contributed by atoms with Gasteiger partial charge in [-0.05, 0) is 63.0 Å². The van der Waals surface area contributed by atoms with Crippen LogP contribution in [-0.4, -0.2) is 58.8 Å². The summed E-state index contributed by atoms with van der Waals surface area (Å²) in [6.45, 7) is 2.52. The number of hydrogen-bond donors (Lipinski definition) is 1. The molecule has 210 valence electrons. The smallest absolute Gasteiger partial charge is 0.269 e. The maximum Gasteiger partial charge on any atom is 0.269 e. The lowest BCUT2D eigenvalue weighted by molar-refractivity contribution is -0.111. The van der Waals surface area contributed by atoms with Crippen LogP contribution in [0.15, 0.2) is 96.6 Å². The lowest BCUT2D eigenvalue weighted by Gasteiger charge is -2.09. The number of aryl methyl sites for hydroxylation is 1. The molecule has 0 saturated carbocycles. The van der Waals surface area contributed by atoms with E-state index in [4.69, 9.17) is 0 Å². The molecule has 11 heteroatoms. The summed E-state index contributed by atoms with van der Waals surface area (Å²) in [6, 6.07) is 15.5. The highest BCUT2D eigenvalue weighted by Crippen LogP contribution is 2.35. The van der Waals surface area contributed by atoms with Crippen LogP contribution in [0.3, 0.4) is 0 Å². The van der Waals surface area contributed by atoms with E-state index in [-0.39, 0.29) is 22.1 Å². The summed E-state index contributed by atoms with van der Waals surface area (Å²) in [7, 11) is -0.168. The van der Waals surface area contributed by atoms with E-state index in [1.54, 1.807) is 67.1 Å². The van der Waals surface area contributed by atoms with Crippen LogP contribution in [0.2, 0.25) is 0 Å². The van der Waals surface area contributed by atoms with Crippen molar-refractivity contribution in [3.63, 3.8) is 0 Å². The summed E-state index contributed by atoms with van der Waals surface area (Å²) in [5, 5.41) is 12.8. The quantitative estimate of drug-likeness (QED) is 0.264. The number of hydrogen-bond acceptors (Lipinski definition) is 8. The third-order valence-electron chi connectivity index (χ3n) is 6.45. The first kappa shape index (κ1) is 28.4. The van der Waals surface area contributed by atoms with Gasteiger partial charge in [0, 0.05) is 59.5 Å². The van der Waals surface area contributed by atoms with Gasteiger partial charge in [-0.2, -0.15) is 5.26 Å². The Kier molecular flexibility index (Phi) is 7.93. The fraction of sp³-hybridized carbons (Fsp3) is 0.129. The average Bonchev–Trinajstić information content (AvgIpc) is 3.37. The fourth-order valence-electron chi connectivity index (χ4n) is 4.35. The molecule has 0 radical (unpaired) electrons. The topological polar surface area (TPSA) is 134 Å². The molecule has 0 aliphatic carbocycles. The zero-order valence-electron chi connectivity index (χ0n) is 23.2. The number of benzene rings is 1. The highest BCUT2D eigenvalue weighted by Gasteiger charge is 2.23. The number of amides is 1. The molecule has 4 heterocycles. The molecule has 0 atom stereocenters. The molecule has 0 aliphatic heterocycles. The van der Waals surface area contributed by atoms with Crippen molar-refractivity contribution in [1.29, 1.82) is 5.26 Å². The Bertz CT molecular complexity index is 1970. The van der Waals surface area contributed by atoms with Gasteiger partial charge in [-0.15, -0.1) is 0 Å². The number of pyridine rings is 3. The number of carbonyl (C=O) groups excluding carboxylic acids is 1. The Morgan fingerprint density at radius 2 is 1.79 bits per heavy atom. The Balaban J connectivity index is 1.61. The summed E-state index contributed by atoms with van der Waals surface area (Å²) in [4.78, 5) is 27.3. The first-order chi connectivity index (χ1) is 20.2. The predicted molar refractivity (Wildman–Crippen MR) is 161 cm³/mol. The van der Waals surface area contributed by atoms with Crippen LogP contribution in [0.5, 0.6) is 0 Å². The molecular formula is C31H27N7O3S. The van der Waals surface area contributed by atoms with Crippen LogP contribution in [0, 0.1) is 18.3 Å². The van der Waals surface area contributed by atoms with E-state index in [9.17, 15) is 18.5 Å². The molecule has 4 aromatic heterocycles. The SMILES string of the molecule is Cc1ccc(S(=O)(=O)n2cc(-c3ccnc(C#N)c3)c3cc(-c4cncc(NC(=O)/C=C/CN(C)C)c4)cnc32)cc1. The van der Waals surface area contributed by atoms with Crippen LogP contribution in [-0.2, 0) is 14.8 Å². The molecule has 0 fully saturated rings. The molecule has 0 aliphatic rings. The lowest BCUT2D eigenvalue weighted by Crippen LogP contribution is -2.13. The van der Waals surface area contributed by atoms with Crippen molar-refractivity contribution in [1.82, 2.24) is 23.8 Å². The van der Waals surface area contributed by atoms with E-state index < -0.39 is 10.0 Å². The zero-order valence-corrected chi connectivity index (χ0v) is 24.0. The summed E-state index contributed by atoms with van der Waals surface area (Å²) >= 11 is 0. The maximum absolute atomic E-state index is 13.7. The van der Waals surface area contributed by atoms with Gasteiger partial charge in [0.1, 0.15) is 11.8 Å². The van der Waals surface area contributed by atoms with Gasteiger partial charge < -0.3 is 10.2 Å². The fourth-order valence-corrected chi connectivity index (χ4v) is 5.68. The second-order valence-electron chi connectivity index (χ2n) is 9.91. The van der Waals surface area contributed by atoms with Crippen molar-refractivity contribution in [3.05, 3.63) is 103 Å². The number of anilines is 1. The van der Waals surface area contributed by atoms with Gasteiger partial charge in [-0.3, -0.25) is 9.78 Å². The number of fused-ring (bicyclic) bond motifs is 1. The van der Waals surface area contributed by atoms with Gasteiger partial charge in [-0.1, -0.05) is 23.8 Å². The average molecular weight is 578 g/mol. The van der Waals surface area contributed by atoms with Gasteiger partial charge in [0.25, 0.3) is 10.0 Å². The number of nitrogens with zero attached hydrogens (tertiary/aromatic N) is 6. The molecule has 0 spiro atoms. The van der Waals surface area contributed by atoms with Gasteiger partial charge in [0.2, 0.25) is 5.91 Å². The van der Waals surface area contributed by atoms with Crippen molar-refractivity contribution >= 4 is 32.7 Å². The van der Waals surface area contributed by atoms with Crippen LogP contribution in [0.1, 0.15) is 11.3 Å². The van der Waals surface area contributed by atoms with Crippen molar-refractivity contribution in [3.8, 4) is 28.3 Å². The van der Waals surface area contributed by atoms with Gasteiger partial charge in [0.15, 0.2) is 5.65 Å². The standard InChI is InChI=1S/C31H27N7O3S/c1-21-6-8-27(9-7-21)42(40,41)38-20-29(22-10-11-34-25(13-22)16-32)28-15-24(18-35-31(28)38)23-14-26(19-33-17-23)36-30(39)5-4-12-37(2)3/h4-11,13-15,17-20H,12H2,1-3H3,(H,36,39)/b5-4+. The maximum atomic E-state index is 13.7. The molecule has 42 heavy (non-hydrogen) atoms. The normalized spacial score (nSPS) is 11.7. The van der Waals surface area contributed by atoms with Gasteiger partial charge >= 0.3 is 0 Å². The second kappa shape index (κ2) is 11.7. The van der Waals surface area contributed by atoms with E-state index >= 15 is 0 Å². The Morgan fingerprint density at radius 1 is 1.02 bits per heavy atom. The molecule has 1 amide bonds. The lowest BCUT2D eigenvalue weighted by atomic mass is 10.0. The van der Waals surface area contributed by atoms with Crippen LogP contribution >= 0.6 is 0 Å². The minimum atomic E-state index is -3.99. The van der Waals surface area contributed by atoms with Crippen molar-refractivity contribution < 1.29 is 13.2 Å². The molecule has 10 nitrogen and oxygen atoms in total. The first-order valence-electron chi connectivity index (χ1n) is 12.9. The number of nitriles is 1. The predicted octanol–water partition coefficient (Wildman–Crippen LogP) is 4.63. The summed E-state index contributed by atoms with van der Waals surface area (Å²) in [6.07, 6.45) is 11.0. The van der Waals surface area contributed by atoms with Crippen LogP contribution in [0.25, 0.3) is 33.3 Å². The van der Waals surface area contributed by atoms with Crippen molar-refractivity contribution in [2.45, 2.75) is 11.8 Å². The number of aromatic nitrogens is 4. The largest absolute Gasteiger partial charge is 0.321 e. The molecule has 5 rings (SSSR count). The Hall–Kier alpha value is -5.18. The van der Waals surface area contributed by atoms with Crippen molar-refractivity contribution in [2.75, 3.05) is 26.0 Å². The van der Waals surface area contributed by atoms with Gasteiger partial charge in [-0.25, -0.2) is 22.4 Å². The molecular weight excluding hydrogens is 550 g/mol. The number of nitrogens with one attached hydrogen (secondary N) is 1. The summed E-state index contributed by atoms with van der Waals surface area (Å²) in [5.74, 6) is -0.281. The van der Waals surface area contributed by atoms with E-state index in [1.807, 2.05) is 38.1 Å². The third kappa shape index (κ3) is 5.95. The molecule has 5 aromatic rings. The van der Waals surface area contributed by atoms with Crippen LogP contribution < -0.4 is 5.32 Å². The number of carbonyl (C=O) groups is 1. The second-order valence-corrected chi connectivity index (χ2v) is 11.7. The number of likely N-dealkylation sites (N-methyl/N-ethyl adjacent to an activating group) is 1. The summed E-state index contributed by atoms with van der Waals surface area (Å²) in [5.41, 5.74) is 4.39. The highest BCUT2D eigenvalue weighted by molar-refractivity contribution is 7.90. The minimum Gasteiger partial charge on any atom is -0.321 e. The molecule has 1 N–H and O–H groups in total. The first-order valence-corrected chi connectivity index (χ1v) is 14.4. The van der Waals surface area contributed by atoms with Crippen molar-refractivity contribution in [2.24, 2.45) is 0 Å². The van der Waals surface area contributed by atoms with E-state index in [0.29, 0.717) is 39.9 Å². The summed E-state index contributed by atoms with van der Waals surface area (Å²) < 4.78 is 28.6. The molecule has 0 bridgehead atoms. The van der Waals surface area contributed by atoms with E-state index in [1.165, 1.54) is 18.5 Å². The Labute approximate surface area is 243 Å². The van der Waals surface area contributed by atoms with Crippen LogP contribution in [0.4, 0.5) is 5.69 Å². The number of rotatable bonds is 8. The molecule has 0 saturated heterocycles. The third-order valence-corrected chi connectivity index (χ3v) is 8.12. The molecule has 1 aromatic carbocycles.